The number of carbonyl (C=O) groups excluding carboxylic acids is 1. The third kappa shape index (κ3) is 6.60. The zero-order chi connectivity index (χ0) is 27.9. The molecule has 0 radical (unpaired) electrons. The van der Waals surface area contributed by atoms with Crippen molar-refractivity contribution in [3.8, 4) is 22.8 Å². The van der Waals surface area contributed by atoms with Crippen molar-refractivity contribution in [2.45, 2.75) is 0 Å². The fraction of sp³-hybridized carbons (Fsp3) is 0.207. The summed E-state index contributed by atoms with van der Waals surface area (Å²) in [6, 6.07) is 13.6. The van der Waals surface area contributed by atoms with E-state index in [1.807, 2.05) is 56.2 Å². The first kappa shape index (κ1) is 27.3. The Morgan fingerprint density at radius 2 is 1.82 bits per heavy atom. The number of ether oxygens (including phenoxy) is 1. The van der Waals surface area contributed by atoms with Gasteiger partial charge in [0.15, 0.2) is 0 Å². The van der Waals surface area contributed by atoms with E-state index >= 15 is 0 Å². The van der Waals surface area contributed by atoms with Crippen LogP contribution in [0.15, 0.2) is 79.8 Å². The third-order valence-electron chi connectivity index (χ3n) is 6.08. The minimum absolute atomic E-state index is 0.306. The third-order valence-corrected chi connectivity index (χ3v) is 6.08. The lowest BCUT2D eigenvalue weighted by Crippen LogP contribution is -2.29. The highest BCUT2D eigenvalue weighted by Gasteiger charge is 2.17. The summed E-state index contributed by atoms with van der Waals surface area (Å²) >= 11 is 0. The summed E-state index contributed by atoms with van der Waals surface area (Å²) in [5.74, 6) is 1.19. The maximum absolute atomic E-state index is 13.4. The highest BCUT2D eigenvalue weighted by atomic mass is 19.1. The Morgan fingerprint density at radius 1 is 1.05 bits per heavy atom. The quantitative estimate of drug-likeness (QED) is 0.266. The van der Waals surface area contributed by atoms with Gasteiger partial charge in [-0.25, -0.2) is 14.4 Å². The number of methoxy groups -OCH3 is 1. The molecule has 0 saturated carbocycles. The highest BCUT2D eigenvalue weighted by molar-refractivity contribution is 6.02. The minimum Gasteiger partial charge on any atom is -0.494 e. The van der Waals surface area contributed by atoms with Crippen molar-refractivity contribution in [1.82, 2.24) is 19.4 Å². The molecule has 0 atom stereocenters. The number of rotatable bonds is 11. The molecule has 0 aliphatic rings. The van der Waals surface area contributed by atoms with Crippen molar-refractivity contribution in [3.05, 3.63) is 85.6 Å². The maximum Gasteiger partial charge on any atom is 0.247 e. The highest BCUT2D eigenvalue weighted by Crippen LogP contribution is 2.38. The molecule has 2 heterocycles. The number of aromatic nitrogens is 3. The van der Waals surface area contributed by atoms with Crippen molar-refractivity contribution >= 4 is 28.8 Å². The van der Waals surface area contributed by atoms with Crippen LogP contribution in [0.4, 0.5) is 27.3 Å². The minimum atomic E-state index is -0.318. The molecule has 4 rings (SSSR count). The molecule has 2 aromatic heterocycles. The number of halogens is 1. The van der Waals surface area contributed by atoms with Gasteiger partial charge in [0.25, 0.3) is 0 Å². The van der Waals surface area contributed by atoms with Crippen LogP contribution in [0.2, 0.25) is 0 Å². The van der Waals surface area contributed by atoms with Crippen molar-refractivity contribution in [1.29, 1.82) is 0 Å². The van der Waals surface area contributed by atoms with Gasteiger partial charge in [0.05, 0.1) is 29.9 Å². The summed E-state index contributed by atoms with van der Waals surface area (Å²) in [5.41, 5.74) is 3.62. The average Bonchev–Trinajstić information content (AvgIpc) is 3.42. The summed E-state index contributed by atoms with van der Waals surface area (Å²) in [6.07, 6.45) is 6.44. The number of carbonyl (C=O) groups is 1. The van der Waals surface area contributed by atoms with Crippen LogP contribution in [0.1, 0.15) is 0 Å². The predicted molar refractivity (Wildman–Crippen MR) is 154 cm³/mol. The number of anilines is 4. The Morgan fingerprint density at radius 3 is 2.51 bits per heavy atom. The van der Waals surface area contributed by atoms with Crippen molar-refractivity contribution in [2.75, 3.05) is 56.9 Å². The van der Waals surface area contributed by atoms with Gasteiger partial charge in [0.2, 0.25) is 5.91 Å². The monoisotopic (exact) mass is 529 g/mol. The van der Waals surface area contributed by atoms with Crippen LogP contribution < -0.4 is 20.3 Å². The van der Waals surface area contributed by atoms with Crippen molar-refractivity contribution < 1.29 is 13.9 Å². The average molecular weight is 530 g/mol. The molecule has 1 amide bonds. The fourth-order valence-electron chi connectivity index (χ4n) is 4.01. The number of benzene rings is 2. The van der Waals surface area contributed by atoms with E-state index in [9.17, 15) is 9.18 Å². The van der Waals surface area contributed by atoms with E-state index in [-0.39, 0.29) is 11.7 Å². The summed E-state index contributed by atoms with van der Waals surface area (Å²) in [7, 11) is 7.57. The second-order valence-electron chi connectivity index (χ2n) is 9.14. The van der Waals surface area contributed by atoms with E-state index in [1.54, 1.807) is 31.6 Å². The molecule has 0 saturated heterocycles. The molecule has 0 spiro atoms. The second-order valence-corrected chi connectivity index (χ2v) is 9.14. The second kappa shape index (κ2) is 12.2. The van der Waals surface area contributed by atoms with Gasteiger partial charge in [-0.15, -0.1) is 0 Å². The standard InChI is InChI=1S/C29H32FN7O2/c1-6-28(38)34-23-18-24(26(39-5)19-25(23)36(4)16-15-35(2)3)33-27-17-22(11-12-31-27)37-14-13-32-29(37)20-7-9-21(30)10-8-20/h6-14,17-19H,1,15-16H2,2-5H3,(H,31,33)(H,34,38). The number of pyridine rings is 1. The molecule has 0 bridgehead atoms. The number of likely N-dealkylation sites (N-methyl/N-ethyl adjacent to an activating group) is 2. The van der Waals surface area contributed by atoms with Crippen LogP contribution in [-0.4, -0.2) is 66.7 Å². The van der Waals surface area contributed by atoms with Crippen LogP contribution in [0.25, 0.3) is 17.1 Å². The van der Waals surface area contributed by atoms with Crippen molar-refractivity contribution in [3.63, 3.8) is 0 Å². The SMILES string of the molecule is C=CC(=O)Nc1cc(Nc2cc(-n3ccnc3-c3ccc(F)cc3)ccn2)c(OC)cc1N(C)CCN(C)C. The Bertz CT molecular complexity index is 1450. The first-order valence-corrected chi connectivity index (χ1v) is 12.3. The number of amides is 1. The summed E-state index contributed by atoms with van der Waals surface area (Å²) < 4.78 is 21.0. The largest absolute Gasteiger partial charge is 0.494 e. The van der Waals surface area contributed by atoms with Crippen LogP contribution >= 0.6 is 0 Å². The molecule has 0 aliphatic carbocycles. The molecule has 39 heavy (non-hydrogen) atoms. The van der Waals surface area contributed by atoms with Gasteiger partial charge >= 0.3 is 0 Å². The topological polar surface area (TPSA) is 87.5 Å². The molecule has 4 aromatic rings. The molecule has 10 heteroatoms. The van der Waals surface area contributed by atoms with Gasteiger partial charge in [-0.3, -0.25) is 9.36 Å². The predicted octanol–water partition coefficient (Wildman–Crippen LogP) is 4.95. The van der Waals surface area contributed by atoms with Gasteiger partial charge in [-0.2, -0.15) is 0 Å². The van der Waals surface area contributed by atoms with E-state index < -0.39 is 0 Å². The van der Waals surface area contributed by atoms with Crippen LogP contribution in [0, 0.1) is 5.82 Å². The van der Waals surface area contributed by atoms with E-state index in [4.69, 9.17) is 4.74 Å². The van der Waals surface area contributed by atoms with Gasteiger partial charge in [-0.1, -0.05) is 6.58 Å². The van der Waals surface area contributed by atoms with E-state index in [0.29, 0.717) is 28.8 Å². The van der Waals surface area contributed by atoms with Crippen LogP contribution in [-0.2, 0) is 4.79 Å². The van der Waals surface area contributed by atoms with Crippen molar-refractivity contribution in [2.24, 2.45) is 0 Å². The Balaban J connectivity index is 1.68. The molecular formula is C29H32FN7O2. The zero-order valence-corrected chi connectivity index (χ0v) is 22.5. The molecule has 9 nitrogen and oxygen atoms in total. The lowest BCUT2D eigenvalue weighted by atomic mass is 10.2. The number of nitrogens with one attached hydrogen (secondary N) is 2. The molecule has 0 aliphatic heterocycles. The van der Waals surface area contributed by atoms with E-state index in [2.05, 4.69) is 37.0 Å². The van der Waals surface area contributed by atoms with Gasteiger partial charge in [-0.05, 0) is 56.6 Å². The lowest BCUT2D eigenvalue weighted by molar-refractivity contribution is -0.111. The van der Waals surface area contributed by atoms with Gasteiger partial charge < -0.3 is 25.2 Å². The zero-order valence-electron chi connectivity index (χ0n) is 22.5. The van der Waals surface area contributed by atoms with Crippen LogP contribution in [0.3, 0.4) is 0 Å². The fourth-order valence-corrected chi connectivity index (χ4v) is 4.01. The number of nitrogens with zero attached hydrogens (tertiary/aromatic N) is 5. The Hall–Kier alpha value is -4.70. The van der Waals surface area contributed by atoms with E-state index in [0.717, 1.165) is 30.0 Å². The summed E-state index contributed by atoms with van der Waals surface area (Å²) in [5, 5.41) is 6.22. The Labute approximate surface area is 227 Å². The lowest BCUT2D eigenvalue weighted by Gasteiger charge is -2.26. The van der Waals surface area contributed by atoms with E-state index in [1.165, 1.54) is 18.2 Å². The normalized spacial score (nSPS) is 10.8. The van der Waals surface area contributed by atoms with Gasteiger partial charge in [0, 0.05) is 56.4 Å². The molecule has 0 unspecified atom stereocenters. The maximum atomic E-state index is 13.4. The molecule has 2 aromatic carbocycles. The number of hydrogen-bond donors (Lipinski definition) is 2. The molecule has 202 valence electrons. The molecule has 0 fully saturated rings. The molecule has 2 N–H and O–H groups in total. The smallest absolute Gasteiger partial charge is 0.247 e. The summed E-state index contributed by atoms with van der Waals surface area (Å²) in [6.45, 7) is 5.15. The molecular weight excluding hydrogens is 497 g/mol. The van der Waals surface area contributed by atoms with Gasteiger partial charge in [0.1, 0.15) is 23.2 Å². The van der Waals surface area contributed by atoms with Crippen LogP contribution in [0.5, 0.6) is 5.75 Å². The Kier molecular flexibility index (Phi) is 8.57. The first-order chi connectivity index (χ1) is 18.8. The number of hydrogen-bond acceptors (Lipinski definition) is 7. The number of imidazole rings is 1. The summed E-state index contributed by atoms with van der Waals surface area (Å²) in [4.78, 5) is 25.3. The first-order valence-electron chi connectivity index (χ1n) is 12.3.